The van der Waals surface area contributed by atoms with E-state index in [1.807, 2.05) is 13.0 Å². The first-order chi connectivity index (χ1) is 9.77. The predicted octanol–water partition coefficient (Wildman–Crippen LogP) is 4.43. The van der Waals surface area contributed by atoms with Crippen LogP contribution in [0.15, 0.2) is 48.5 Å². The number of benzene rings is 2. The van der Waals surface area contributed by atoms with Gasteiger partial charge in [-0.25, -0.2) is 0 Å². The zero-order chi connectivity index (χ0) is 13.9. The van der Waals surface area contributed by atoms with Crippen LogP contribution in [0.2, 0.25) is 0 Å². The van der Waals surface area contributed by atoms with Gasteiger partial charge >= 0.3 is 0 Å². The molecular weight excluding hydrogens is 246 g/mol. The van der Waals surface area contributed by atoms with Crippen molar-refractivity contribution in [3.63, 3.8) is 0 Å². The van der Waals surface area contributed by atoms with Crippen LogP contribution in [-0.4, -0.2) is 11.7 Å². The van der Waals surface area contributed by atoms with E-state index in [4.69, 9.17) is 0 Å². The second-order valence-corrected chi connectivity index (χ2v) is 5.54. The maximum atomic E-state index is 9.96. The average molecular weight is 267 g/mol. The molecule has 3 rings (SSSR count). The molecule has 2 nitrogen and oxygen atoms in total. The number of aromatic hydroxyl groups is 1. The fourth-order valence-corrected chi connectivity index (χ4v) is 3.16. The van der Waals surface area contributed by atoms with E-state index in [-0.39, 0.29) is 0 Å². The summed E-state index contributed by atoms with van der Waals surface area (Å²) in [7, 11) is 0. The third-order valence-corrected chi connectivity index (χ3v) is 4.27. The molecule has 0 aromatic heterocycles. The summed E-state index contributed by atoms with van der Waals surface area (Å²) in [6.07, 6.45) is 3.67. The summed E-state index contributed by atoms with van der Waals surface area (Å²) in [6.45, 7) is 3.06. The van der Waals surface area contributed by atoms with Crippen LogP contribution in [0.3, 0.4) is 0 Å². The van der Waals surface area contributed by atoms with Crippen molar-refractivity contribution in [1.29, 1.82) is 0 Å². The number of nitrogens with zero attached hydrogens (tertiary/aromatic N) is 1. The van der Waals surface area contributed by atoms with Gasteiger partial charge in [0.2, 0.25) is 0 Å². The molecule has 2 heteroatoms. The highest BCUT2D eigenvalue weighted by atomic mass is 16.3. The second-order valence-electron chi connectivity index (χ2n) is 5.54. The normalized spacial score (nSPS) is 19.1. The lowest BCUT2D eigenvalue weighted by atomic mass is 9.94. The molecule has 20 heavy (non-hydrogen) atoms. The number of phenols is 1. The number of phenolic OH excluding ortho intramolecular Hbond substituents is 1. The number of hydrogen-bond donors (Lipinski definition) is 1. The van der Waals surface area contributed by atoms with Crippen molar-refractivity contribution in [1.82, 2.24) is 0 Å². The van der Waals surface area contributed by atoms with E-state index >= 15 is 0 Å². The predicted molar refractivity (Wildman–Crippen MR) is 83.2 cm³/mol. The molecule has 1 aliphatic rings. The Morgan fingerprint density at radius 3 is 2.60 bits per heavy atom. The van der Waals surface area contributed by atoms with Gasteiger partial charge in [0.1, 0.15) is 5.75 Å². The van der Waals surface area contributed by atoms with E-state index in [2.05, 4.69) is 41.3 Å². The summed E-state index contributed by atoms with van der Waals surface area (Å²) in [4.78, 5) is 2.45. The maximum Gasteiger partial charge on any atom is 0.120 e. The van der Waals surface area contributed by atoms with Crippen LogP contribution in [0, 0.1) is 6.92 Å². The van der Waals surface area contributed by atoms with Crippen molar-refractivity contribution >= 4 is 5.69 Å². The van der Waals surface area contributed by atoms with Gasteiger partial charge in [-0.3, -0.25) is 0 Å². The standard InChI is InChI=1S/C18H21NO/c1-14-16(11-7-12-18(14)20)19-13-6-5-10-17(19)15-8-3-2-4-9-15/h2-4,7-9,11-12,17,20H,5-6,10,13H2,1H3. The maximum absolute atomic E-state index is 9.96. The molecule has 0 bridgehead atoms. The van der Waals surface area contributed by atoms with Crippen LogP contribution in [-0.2, 0) is 0 Å². The second kappa shape index (κ2) is 5.58. The Kier molecular flexibility index (Phi) is 3.64. The van der Waals surface area contributed by atoms with Crippen molar-refractivity contribution in [2.24, 2.45) is 0 Å². The highest BCUT2D eigenvalue weighted by Gasteiger charge is 2.25. The van der Waals surface area contributed by atoms with Crippen molar-refractivity contribution in [2.75, 3.05) is 11.4 Å². The molecule has 1 fully saturated rings. The molecule has 1 aliphatic heterocycles. The molecule has 1 heterocycles. The van der Waals surface area contributed by atoms with E-state index in [1.54, 1.807) is 6.07 Å². The van der Waals surface area contributed by atoms with E-state index in [1.165, 1.54) is 30.5 Å². The SMILES string of the molecule is Cc1c(O)cccc1N1CCCCC1c1ccccc1. The quantitative estimate of drug-likeness (QED) is 0.870. The summed E-state index contributed by atoms with van der Waals surface area (Å²) in [5.41, 5.74) is 3.52. The minimum absolute atomic E-state index is 0.389. The molecule has 1 N–H and O–H groups in total. The van der Waals surface area contributed by atoms with Crippen LogP contribution in [0.4, 0.5) is 5.69 Å². The molecule has 1 atom stereocenters. The Morgan fingerprint density at radius 2 is 1.80 bits per heavy atom. The largest absolute Gasteiger partial charge is 0.508 e. The monoisotopic (exact) mass is 267 g/mol. The molecule has 1 unspecified atom stereocenters. The van der Waals surface area contributed by atoms with E-state index < -0.39 is 0 Å². The molecule has 0 amide bonds. The van der Waals surface area contributed by atoms with Crippen molar-refractivity contribution in [2.45, 2.75) is 32.2 Å². The summed E-state index contributed by atoms with van der Waals surface area (Å²) in [5.74, 6) is 0.389. The van der Waals surface area contributed by atoms with Gasteiger partial charge < -0.3 is 10.0 Å². The number of rotatable bonds is 2. The zero-order valence-electron chi connectivity index (χ0n) is 11.9. The van der Waals surface area contributed by atoms with Crippen molar-refractivity contribution in [3.8, 4) is 5.75 Å². The van der Waals surface area contributed by atoms with E-state index in [9.17, 15) is 5.11 Å². The molecule has 104 valence electrons. The minimum Gasteiger partial charge on any atom is -0.508 e. The number of piperidine rings is 1. The number of hydrogen-bond acceptors (Lipinski definition) is 2. The van der Waals surface area contributed by atoms with Gasteiger partial charge in [-0.1, -0.05) is 36.4 Å². The smallest absolute Gasteiger partial charge is 0.120 e. The summed E-state index contributed by atoms with van der Waals surface area (Å²) < 4.78 is 0. The molecular formula is C18H21NO. The third-order valence-electron chi connectivity index (χ3n) is 4.27. The molecule has 2 aromatic rings. The average Bonchev–Trinajstić information content (AvgIpc) is 2.51. The molecule has 0 spiro atoms. The van der Waals surface area contributed by atoms with Crippen LogP contribution < -0.4 is 4.90 Å². The first kappa shape index (κ1) is 13.0. The molecule has 0 saturated carbocycles. The third kappa shape index (κ3) is 2.38. The topological polar surface area (TPSA) is 23.5 Å². The van der Waals surface area contributed by atoms with Crippen LogP contribution in [0.5, 0.6) is 5.75 Å². The van der Waals surface area contributed by atoms with Crippen LogP contribution in [0.25, 0.3) is 0 Å². The highest BCUT2D eigenvalue weighted by Crippen LogP contribution is 2.38. The Hall–Kier alpha value is -1.96. The molecule has 0 radical (unpaired) electrons. The van der Waals surface area contributed by atoms with Gasteiger partial charge in [0, 0.05) is 17.8 Å². The summed E-state index contributed by atoms with van der Waals surface area (Å²) in [6, 6.07) is 16.9. The highest BCUT2D eigenvalue weighted by molar-refractivity contribution is 5.59. The lowest BCUT2D eigenvalue weighted by Crippen LogP contribution is -2.33. The van der Waals surface area contributed by atoms with Crippen molar-refractivity contribution in [3.05, 3.63) is 59.7 Å². The van der Waals surface area contributed by atoms with Gasteiger partial charge in [-0.2, -0.15) is 0 Å². The van der Waals surface area contributed by atoms with Crippen LogP contribution in [0.1, 0.15) is 36.4 Å². The Balaban J connectivity index is 1.99. The summed E-state index contributed by atoms with van der Waals surface area (Å²) >= 11 is 0. The lowest BCUT2D eigenvalue weighted by molar-refractivity contribution is 0.460. The van der Waals surface area contributed by atoms with Gasteiger partial charge in [-0.15, -0.1) is 0 Å². The number of anilines is 1. The molecule has 2 aromatic carbocycles. The van der Waals surface area contributed by atoms with E-state index in [0.29, 0.717) is 11.8 Å². The summed E-state index contributed by atoms with van der Waals surface area (Å²) in [5, 5.41) is 9.96. The van der Waals surface area contributed by atoms with Crippen LogP contribution >= 0.6 is 0 Å². The minimum atomic E-state index is 0.389. The Morgan fingerprint density at radius 1 is 1.00 bits per heavy atom. The van der Waals surface area contributed by atoms with E-state index in [0.717, 1.165) is 12.1 Å². The molecule has 0 aliphatic carbocycles. The van der Waals surface area contributed by atoms with Crippen molar-refractivity contribution < 1.29 is 5.11 Å². The first-order valence-corrected chi connectivity index (χ1v) is 7.37. The lowest BCUT2D eigenvalue weighted by Gasteiger charge is -2.39. The fourth-order valence-electron chi connectivity index (χ4n) is 3.16. The molecule has 1 saturated heterocycles. The van der Waals surface area contributed by atoms with Gasteiger partial charge in [-0.05, 0) is 43.9 Å². The Labute approximate surface area is 120 Å². The van der Waals surface area contributed by atoms with Gasteiger partial charge in [0.25, 0.3) is 0 Å². The van der Waals surface area contributed by atoms with Gasteiger partial charge in [0.15, 0.2) is 0 Å². The van der Waals surface area contributed by atoms with Gasteiger partial charge in [0.05, 0.1) is 6.04 Å². The first-order valence-electron chi connectivity index (χ1n) is 7.37. The zero-order valence-corrected chi connectivity index (χ0v) is 11.9. The fraction of sp³-hybridized carbons (Fsp3) is 0.333. The Bertz CT molecular complexity index is 579.